The molecule has 13 aromatic rings. The van der Waals surface area contributed by atoms with Crippen LogP contribution >= 0.6 is 0 Å². The van der Waals surface area contributed by atoms with E-state index in [4.69, 9.17) is 17.9 Å². The molecule has 0 amide bonds. The zero-order valence-electron chi connectivity index (χ0n) is 48.4. The Morgan fingerprint density at radius 2 is 0.972 bits per heavy atom. The van der Waals surface area contributed by atoms with E-state index in [9.17, 15) is 5.48 Å². The van der Waals surface area contributed by atoms with Crippen LogP contribution in [0.15, 0.2) is 230 Å². The number of anilines is 1. The Balaban J connectivity index is 1.00. The average Bonchev–Trinajstić information content (AvgIpc) is 4.41. The number of nitrogens with zero attached hydrogens (tertiary/aromatic N) is 6. The Hall–Kier alpha value is -8.51. The van der Waals surface area contributed by atoms with E-state index in [-0.39, 0.29) is 27.9 Å². The van der Waals surface area contributed by atoms with Gasteiger partial charge >= 0.3 is 382 Å². The molecule has 7 nitrogen and oxygen atoms in total. The molecule has 0 N–H and O–H groups in total. The Kier molecular flexibility index (Phi) is 8.01. The van der Waals surface area contributed by atoms with E-state index < -0.39 is 60.4 Å². The monoisotopic (exact) mass is 1120 g/mol. The third-order valence-electron chi connectivity index (χ3n) is 13.8. The van der Waals surface area contributed by atoms with Crippen molar-refractivity contribution in [2.75, 3.05) is 18.0 Å². The zero-order chi connectivity index (χ0) is 56.4. The molecule has 0 aliphatic carbocycles. The fourth-order valence-corrected chi connectivity index (χ4v) is 11.8. The number of para-hydroxylation sites is 5. The van der Waals surface area contributed by atoms with Crippen molar-refractivity contribution in [2.24, 2.45) is 0 Å². The number of ether oxygens (including phenoxy) is 1. The quantitative estimate of drug-likeness (QED) is 0.145. The van der Waals surface area contributed by atoms with Gasteiger partial charge in [0.25, 0.3) is 0 Å². The summed E-state index contributed by atoms with van der Waals surface area (Å²) >= 11 is 2.21. The number of pyridine rings is 1. The molecule has 0 atom stereocenters. The van der Waals surface area contributed by atoms with Crippen LogP contribution in [-0.2, 0) is 19.4 Å². The number of fused-ring (bicyclic) bond motifs is 7. The van der Waals surface area contributed by atoms with Gasteiger partial charge in [-0.2, -0.15) is 0 Å². The standard InChI is InChI=1S/C64H46N6O.Pt/c1-3-18-44(19-4-1)55-39-48(69-57-27-10-7-24-51(57)52-25-8-11-28-58(52)69)40-56(45-20-5-2-6-21-45)64(55)68-43-67(60-30-13-14-31-61(60)68)47-22-17-23-49(38-47)71-50-32-33-54-53-26-9-12-29-59(53)70(62(54)42-50)63-41-46(34-35-65-63)66-36-15-16-37-66;/h1-14,17-35,38-42H,15-16,36-37H2;/i1D,2D,3D,4D,5D,6D,18D,19D,20D,21D;. The Labute approximate surface area is 441 Å². The van der Waals surface area contributed by atoms with Crippen molar-refractivity contribution in [3.8, 4) is 56.6 Å². The van der Waals surface area contributed by atoms with E-state index in [2.05, 4.69) is 59.2 Å². The summed E-state index contributed by atoms with van der Waals surface area (Å²) in [4.78, 5) is 7.30. The topological polar surface area (TPSA) is 45.1 Å². The third-order valence-corrected chi connectivity index (χ3v) is 14.8. The molecule has 14 rings (SSSR count). The predicted molar refractivity (Wildman–Crippen MR) is 291 cm³/mol. The summed E-state index contributed by atoms with van der Waals surface area (Å²) in [6.45, 7) is 2.02. The fourth-order valence-electron chi connectivity index (χ4n) is 10.7. The van der Waals surface area contributed by atoms with Crippen LogP contribution in [0.1, 0.15) is 26.5 Å². The number of imidazole rings is 1. The van der Waals surface area contributed by atoms with Gasteiger partial charge in [-0.25, -0.2) is 0 Å². The summed E-state index contributed by atoms with van der Waals surface area (Å²) in [5, 5.41) is 3.99. The summed E-state index contributed by atoms with van der Waals surface area (Å²) in [5.74, 6) is 1.94. The van der Waals surface area contributed by atoms with Crippen molar-refractivity contribution in [2.45, 2.75) is 12.8 Å². The van der Waals surface area contributed by atoms with Gasteiger partial charge < -0.3 is 4.90 Å². The van der Waals surface area contributed by atoms with E-state index in [1.807, 2.05) is 141 Å². The molecule has 0 spiro atoms. The van der Waals surface area contributed by atoms with Crippen LogP contribution in [0.4, 0.5) is 5.69 Å². The molecule has 0 saturated carbocycles. The van der Waals surface area contributed by atoms with E-state index in [1.165, 1.54) is 0 Å². The summed E-state index contributed by atoms with van der Waals surface area (Å²) in [7, 11) is 0. The third kappa shape index (κ3) is 6.98. The minimum atomic E-state index is -0.576. The molecular formula is C64H46N6OPt. The van der Waals surface area contributed by atoms with Gasteiger partial charge in [-0.05, 0) is 18.9 Å². The van der Waals surface area contributed by atoms with Crippen molar-refractivity contribution in [3.05, 3.63) is 234 Å². The number of benzene rings is 9. The van der Waals surface area contributed by atoms with Gasteiger partial charge in [0.15, 0.2) is 0 Å². The molecule has 0 radical (unpaired) electrons. The van der Waals surface area contributed by atoms with Gasteiger partial charge in [-0.3, -0.25) is 0 Å². The SMILES string of the molecule is [2H]c1c([2H])c([2H])c(-c2cc(-n3c4ccccc4c4ccccc43)cc(-c3c([2H])c([2H])c([2H])c([2H])c3[2H])c2-n2[c](=[Pt])n(-c3cccc(Oc4ccc5c6ccccc6n(-c6cc(N7CCCC7)ccn6)c5c4)c3)c3ccccc32)c([2H])c1[2H]. The number of hydrogen-bond donors (Lipinski definition) is 0. The molecule has 1 aliphatic rings. The molecule has 5 heterocycles. The van der Waals surface area contributed by atoms with Gasteiger partial charge in [-0.1, -0.05) is 12.1 Å². The second-order valence-corrected chi connectivity index (χ2v) is 18.9. The Bertz CT molecular complexity index is 4720. The molecule has 9 aromatic carbocycles. The van der Waals surface area contributed by atoms with Crippen molar-refractivity contribution >= 4 is 60.3 Å². The van der Waals surface area contributed by atoms with Crippen molar-refractivity contribution in [1.82, 2.24) is 23.3 Å². The van der Waals surface area contributed by atoms with Crippen LogP contribution in [-0.4, -0.2) is 36.3 Å². The summed E-state index contributed by atoms with van der Waals surface area (Å²) in [5.41, 5.74) is 7.38. The molecule has 4 aromatic heterocycles. The molecule has 348 valence electrons. The maximum atomic E-state index is 9.56. The van der Waals surface area contributed by atoms with Crippen molar-refractivity contribution in [1.29, 1.82) is 0 Å². The molecule has 0 unspecified atom stereocenters. The second-order valence-electron chi connectivity index (χ2n) is 17.9. The molecule has 72 heavy (non-hydrogen) atoms. The summed E-state index contributed by atoms with van der Waals surface area (Å²) < 4.78 is 107. The van der Waals surface area contributed by atoms with E-state index in [1.54, 1.807) is 12.1 Å². The first-order valence-electron chi connectivity index (χ1n) is 28.8. The van der Waals surface area contributed by atoms with E-state index in [0.717, 1.165) is 81.0 Å². The van der Waals surface area contributed by atoms with Crippen LogP contribution in [0.2, 0.25) is 0 Å². The maximum absolute atomic E-state index is 9.56. The first kappa shape index (κ1) is 33.1. The first-order valence-corrected chi connectivity index (χ1v) is 24.9. The summed E-state index contributed by atoms with van der Waals surface area (Å²) in [6, 6.07) is 47.8. The van der Waals surface area contributed by atoms with E-state index >= 15 is 0 Å². The van der Waals surface area contributed by atoms with Crippen LogP contribution in [0.3, 0.4) is 0 Å². The normalized spacial score (nSPS) is 14.8. The second kappa shape index (κ2) is 17.4. The molecule has 0 bridgehead atoms. The molecular weight excluding hydrogens is 1060 g/mol. The number of aromatic nitrogens is 5. The minimum absolute atomic E-state index is 0.140. The van der Waals surface area contributed by atoms with Gasteiger partial charge in [0.05, 0.1) is 0 Å². The van der Waals surface area contributed by atoms with Crippen LogP contribution in [0.5, 0.6) is 11.5 Å². The van der Waals surface area contributed by atoms with Crippen LogP contribution in [0.25, 0.3) is 99.8 Å². The van der Waals surface area contributed by atoms with Crippen molar-refractivity contribution in [3.63, 3.8) is 0 Å². The molecule has 1 aliphatic heterocycles. The fraction of sp³-hybridized carbons (Fsp3) is 0.0625. The van der Waals surface area contributed by atoms with Gasteiger partial charge in [-0.15, -0.1) is 0 Å². The van der Waals surface area contributed by atoms with Crippen LogP contribution in [0, 0.1) is 3.80 Å². The van der Waals surface area contributed by atoms with Crippen molar-refractivity contribution < 1.29 is 37.8 Å². The molecule has 8 heteroatoms. The predicted octanol–water partition coefficient (Wildman–Crippen LogP) is 15.8. The number of rotatable bonds is 9. The van der Waals surface area contributed by atoms with Gasteiger partial charge in [0.2, 0.25) is 0 Å². The Morgan fingerprint density at radius 1 is 0.431 bits per heavy atom. The van der Waals surface area contributed by atoms with Gasteiger partial charge in [0.1, 0.15) is 0 Å². The molecule has 1 saturated heterocycles. The Morgan fingerprint density at radius 3 is 1.60 bits per heavy atom. The molecule has 1 fully saturated rings. The average molecular weight is 1120 g/mol. The number of hydrogen-bond acceptors (Lipinski definition) is 3. The zero-order valence-corrected chi connectivity index (χ0v) is 40.7. The summed E-state index contributed by atoms with van der Waals surface area (Å²) in [6.07, 6.45) is 4.20. The van der Waals surface area contributed by atoms with Gasteiger partial charge in [0, 0.05) is 25.0 Å². The van der Waals surface area contributed by atoms with Crippen LogP contribution < -0.4 is 9.64 Å². The van der Waals surface area contributed by atoms with E-state index in [0.29, 0.717) is 37.7 Å². The first-order chi connectivity index (χ1) is 39.8.